The highest BCUT2D eigenvalue weighted by molar-refractivity contribution is 6.11. The lowest BCUT2D eigenvalue weighted by Gasteiger charge is -2.39. The van der Waals surface area contributed by atoms with Crippen LogP contribution in [0.2, 0.25) is 0 Å². The molecule has 0 bridgehead atoms. The van der Waals surface area contributed by atoms with Gasteiger partial charge in [-0.05, 0) is 99.1 Å². The quantitative estimate of drug-likeness (QED) is 0.277. The van der Waals surface area contributed by atoms with Crippen LogP contribution in [-0.2, 0) is 26.3 Å². The number of anilines is 2. The number of hydrogen-bond acceptors (Lipinski definition) is 4. The number of benzene rings is 2. The number of aryl methyl sites for hydroxylation is 1. The molecule has 10 heteroatoms. The van der Waals surface area contributed by atoms with E-state index in [1.165, 1.54) is 18.9 Å². The third kappa shape index (κ3) is 5.39. The lowest BCUT2D eigenvalue weighted by Crippen LogP contribution is -2.47. The van der Waals surface area contributed by atoms with Crippen LogP contribution >= 0.6 is 0 Å². The van der Waals surface area contributed by atoms with Crippen molar-refractivity contribution in [3.05, 3.63) is 64.7 Å². The fourth-order valence-electron chi connectivity index (χ4n) is 7.66. The van der Waals surface area contributed by atoms with Gasteiger partial charge in [0.15, 0.2) is 5.69 Å². The molecule has 0 unspecified atom stereocenters. The zero-order valence-electron chi connectivity index (χ0n) is 25.8. The number of halogens is 3. The molecule has 0 atom stereocenters. The third-order valence-corrected chi connectivity index (χ3v) is 10.4. The molecule has 1 aliphatic heterocycles. The van der Waals surface area contributed by atoms with Crippen LogP contribution in [0.4, 0.5) is 24.5 Å². The van der Waals surface area contributed by atoms with E-state index in [-0.39, 0.29) is 29.1 Å². The Morgan fingerprint density at radius 2 is 1.84 bits per heavy atom. The van der Waals surface area contributed by atoms with Crippen LogP contribution in [0.1, 0.15) is 110 Å². The molecule has 2 heterocycles. The van der Waals surface area contributed by atoms with Crippen molar-refractivity contribution < 1.29 is 22.5 Å². The molecule has 4 aliphatic rings. The van der Waals surface area contributed by atoms with E-state index in [9.17, 15) is 18.0 Å². The molecule has 2 aromatic carbocycles. The predicted octanol–water partition coefficient (Wildman–Crippen LogP) is 6.78. The summed E-state index contributed by atoms with van der Waals surface area (Å²) in [7, 11) is 1.89. The molecule has 3 saturated carbocycles. The van der Waals surface area contributed by atoms with Gasteiger partial charge in [-0.25, -0.2) is 4.57 Å². The molecule has 44 heavy (non-hydrogen) atoms. The third-order valence-electron chi connectivity index (χ3n) is 10.4. The van der Waals surface area contributed by atoms with Crippen molar-refractivity contribution >= 4 is 17.3 Å². The van der Waals surface area contributed by atoms with Crippen molar-refractivity contribution in [3.63, 3.8) is 0 Å². The average Bonchev–Trinajstić information content (AvgIpc) is 3.69. The molecule has 3 fully saturated rings. The summed E-state index contributed by atoms with van der Waals surface area (Å²) >= 11 is 0. The van der Waals surface area contributed by atoms with Crippen LogP contribution in [0.3, 0.4) is 0 Å². The molecule has 0 radical (unpaired) electrons. The van der Waals surface area contributed by atoms with Crippen molar-refractivity contribution in [2.45, 2.75) is 108 Å². The van der Waals surface area contributed by atoms with E-state index >= 15 is 0 Å². The highest BCUT2D eigenvalue weighted by Gasteiger charge is 2.43. The first-order chi connectivity index (χ1) is 21.0. The van der Waals surface area contributed by atoms with Crippen LogP contribution in [0.5, 0.6) is 0 Å². The fourth-order valence-corrected chi connectivity index (χ4v) is 7.66. The Morgan fingerprint density at radius 3 is 2.45 bits per heavy atom. The zero-order valence-corrected chi connectivity index (χ0v) is 25.8. The van der Waals surface area contributed by atoms with E-state index in [1.54, 1.807) is 22.0 Å². The minimum atomic E-state index is -4.57. The molecule has 1 aromatic heterocycles. The summed E-state index contributed by atoms with van der Waals surface area (Å²) in [6.45, 7) is 4.50. The normalized spacial score (nSPS) is 23.0. The Hall–Kier alpha value is -3.40. The van der Waals surface area contributed by atoms with E-state index in [0.717, 1.165) is 61.9 Å². The number of carbonyl (C=O) groups excluding carboxylic acids is 1. The van der Waals surface area contributed by atoms with E-state index in [2.05, 4.69) is 35.6 Å². The molecular formula is C34H42F3N6O+. The maximum absolute atomic E-state index is 14.6. The standard InChI is InChI=1S/C34H42F3N6O/c1-21-11-23(12-21)26-15-25(40-24-7-4-5-8-24)16-30(31(26)43-20-41(3)19-39-43)42-18-28-27(32(42)44)13-22(14-29(28)34(35,36)37)17-38-33(2)9-6-10-33/h13-16,19-21,23-24,38,40H,4-12,17-18H2,1-3H3/q+1. The van der Waals surface area contributed by atoms with Gasteiger partial charge in [-0.1, -0.05) is 24.4 Å². The number of hydrogen-bond donors (Lipinski definition) is 2. The Balaban J connectivity index is 1.33. The predicted molar refractivity (Wildman–Crippen MR) is 163 cm³/mol. The van der Waals surface area contributed by atoms with Gasteiger partial charge in [0.2, 0.25) is 6.33 Å². The van der Waals surface area contributed by atoms with Gasteiger partial charge < -0.3 is 15.5 Å². The number of fused-ring (bicyclic) bond motifs is 1. The van der Waals surface area contributed by atoms with E-state index in [4.69, 9.17) is 0 Å². The van der Waals surface area contributed by atoms with Crippen molar-refractivity contribution in [1.82, 2.24) is 15.1 Å². The number of nitrogens with zero attached hydrogens (tertiary/aromatic N) is 4. The summed E-state index contributed by atoms with van der Waals surface area (Å²) in [6.07, 6.45) is 8.66. The number of carbonyl (C=O) groups is 1. The summed E-state index contributed by atoms with van der Waals surface area (Å²) in [6, 6.07) is 7.40. The SMILES string of the molecule is CC1CC(c2cc(NC3CCCC3)cc(N3Cc4c(cc(CNC5(C)CCC5)cc4C(F)(F)F)C3=O)c2-n2c[n+](C)cn2)C1. The van der Waals surface area contributed by atoms with Gasteiger partial charge in [0.05, 0.1) is 24.8 Å². The summed E-state index contributed by atoms with van der Waals surface area (Å²) in [5, 5.41) is 11.8. The Bertz CT molecular complexity index is 1580. The van der Waals surface area contributed by atoms with E-state index < -0.39 is 17.6 Å². The summed E-state index contributed by atoms with van der Waals surface area (Å²) in [5.74, 6) is 0.485. The van der Waals surface area contributed by atoms with E-state index in [0.29, 0.717) is 29.8 Å². The van der Waals surface area contributed by atoms with Crippen LogP contribution in [0.15, 0.2) is 36.9 Å². The lowest BCUT2D eigenvalue weighted by atomic mass is 9.71. The first kappa shape index (κ1) is 29.3. The highest BCUT2D eigenvalue weighted by Crippen LogP contribution is 2.48. The van der Waals surface area contributed by atoms with Crippen molar-refractivity contribution in [1.29, 1.82) is 0 Å². The molecule has 2 N–H and O–H groups in total. The average molecular weight is 608 g/mol. The number of alkyl halides is 3. The monoisotopic (exact) mass is 607 g/mol. The summed E-state index contributed by atoms with van der Waals surface area (Å²) in [5.41, 5.74) is 3.26. The maximum Gasteiger partial charge on any atom is 0.416 e. The van der Waals surface area contributed by atoms with Gasteiger partial charge in [0, 0.05) is 40.0 Å². The van der Waals surface area contributed by atoms with Gasteiger partial charge in [0.1, 0.15) is 0 Å². The van der Waals surface area contributed by atoms with Crippen molar-refractivity contribution in [3.8, 4) is 5.69 Å². The van der Waals surface area contributed by atoms with Crippen LogP contribution in [0, 0.1) is 5.92 Å². The minimum Gasteiger partial charge on any atom is -0.382 e. The molecule has 0 saturated heterocycles. The molecule has 3 aliphatic carbocycles. The molecule has 234 valence electrons. The number of aromatic nitrogens is 3. The van der Waals surface area contributed by atoms with E-state index in [1.807, 2.05) is 24.0 Å². The minimum absolute atomic E-state index is 0.0473. The zero-order chi connectivity index (χ0) is 30.8. The molecule has 7 rings (SSSR count). The molecule has 3 aromatic rings. The second kappa shape index (κ2) is 10.9. The smallest absolute Gasteiger partial charge is 0.382 e. The first-order valence-corrected chi connectivity index (χ1v) is 16.1. The molecule has 1 amide bonds. The largest absolute Gasteiger partial charge is 0.416 e. The van der Waals surface area contributed by atoms with Gasteiger partial charge >= 0.3 is 6.18 Å². The summed E-state index contributed by atoms with van der Waals surface area (Å²) in [4.78, 5) is 15.8. The maximum atomic E-state index is 14.6. The van der Waals surface area contributed by atoms with Crippen molar-refractivity contribution in [2.24, 2.45) is 13.0 Å². The topological polar surface area (TPSA) is 66.1 Å². The number of nitrogens with one attached hydrogen (secondary N) is 2. The Labute approximate surface area is 256 Å². The molecule has 7 nitrogen and oxygen atoms in total. The van der Waals surface area contributed by atoms with Gasteiger partial charge in [0.25, 0.3) is 12.2 Å². The summed E-state index contributed by atoms with van der Waals surface area (Å²) < 4.78 is 47.3. The first-order valence-electron chi connectivity index (χ1n) is 16.1. The Kier molecular flexibility index (Phi) is 7.26. The van der Waals surface area contributed by atoms with Gasteiger partial charge in [-0.3, -0.25) is 4.79 Å². The number of rotatable bonds is 8. The van der Waals surface area contributed by atoms with Crippen molar-refractivity contribution in [2.75, 3.05) is 10.2 Å². The number of amides is 1. The van der Waals surface area contributed by atoms with Gasteiger partial charge in [-0.15, -0.1) is 0 Å². The lowest BCUT2D eigenvalue weighted by molar-refractivity contribution is -0.672. The molecular weight excluding hydrogens is 565 g/mol. The van der Waals surface area contributed by atoms with Crippen LogP contribution < -0.4 is 20.1 Å². The second-order valence-electron chi connectivity index (χ2n) is 14.0. The van der Waals surface area contributed by atoms with Crippen LogP contribution in [-0.4, -0.2) is 27.3 Å². The second-order valence-corrected chi connectivity index (χ2v) is 14.0. The molecule has 0 spiro atoms. The Morgan fingerprint density at radius 1 is 1.09 bits per heavy atom. The van der Waals surface area contributed by atoms with Gasteiger partial charge in [-0.2, -0.15) is 13.2 Å². The fraction of sp³-hybridized carbons (Fsp3) is 0.559. The highest BCUT2D eigenvalue weighted by atomic mass is 19.4. The van der Waals surface area contributed by atoms with Crippen LogP contribution in [0.25, 0.3) is 5.69 Å².